The van der Waals surface area contributed by atoms with Crippen LogP contribution in [0.5, 0.6) is 0 Å². The second kappa shape index (κ2) is 10.3. The molecule has 0 bridgehead atoms. The number of carboxylic acid groups (broad SMARTS) is 1. The number of anilines is 2. The van der Waals surface area contributed by atoms with Crippen molar-refractivity contribution in [3.8, 4) is 6.07 Å². The van der Waals surface area contributed by atoms with Crippen LogP contribution in [-0.2, 0) is 9.84 Å². The molecule has 4 atom stereocenters. The Morgan fingerprint density at radius 3 is 2.57 bits per heavy atom. The summed E-state index contributed by atoms with van der Waals surface area (Å²) >= 11 is 0. The van der Waals surface area contributed by atoms with Crippen molar-refractivity contribution in [3.05, 3.63) is 41.8 Å². The maximum absolute atomic E-state index is 13.2. The van der Waals surface area contributed by atoms with Gasteiger partial charge in [0.2, 0.25) is 0 Å². The zero-order valence-corrected chi connectivity index (χ0v) is 20.1. The molecular formula is C22H27FN6O5S. The van der Waals surface area contributed by atoms with E-state index in [2.05, 4.69) is 16.5 Å². The van der Waals surface area contributed by atoms with E-state index in [4.69, 9.17) is 5.73 Å². The number of hydrogen-bond donors (Lipinski definition) is 3. The van der Waals surface area contributed by atoms with Crippen molar-refractivity contribution in [2.24, 2.45) is 11.7 Å². The first-order valence-corrected chi connectivity index (χ1v) is 12.8. The average Bonchev–Trinajstić information content (AvgIpc) is 3.21. The smallest absolute Gasteiger partial charge is 0.407 e. The van der Waals surface area contributed by atoms with Gasteiger partial charge < -0.3 is 21.1 Å². The quantitative estimate of drug-likeness (QED) is 0.490. The van der Waals surface area contributed by atoms with E-state index in [0.29, 0.717) is 12.1 Å². The van der Waals surface area contributed by atoms with Crippen LogP contribution in [0.4, 0.5) is 20.7 Å². The van der Waals surface area contributed by atoms with Crippen LogP contribution < -0.4 is 11.1 Å². The number of hydrogen-bond acceptors (Lipinski definition) is 7. The summed E-state index contributed by atoms with van der Waals surface area (Å²) in [5, 5.41) is 25.5. The van der Waals surface area contributed by atoms with Crippen molar-refractivity contribution in [2.45, 2.75) is 43.5 Å². The number of nitrogens with one attached hydrogen (secondary N) is 1. The minimum Gasteiger partial charge on any atom is -0.465 e. The first-order valence-electron chi connectivity index (χ1n) is 10.9. The minimum atomic E-state index is -3.54. The third kappa shape index (κ3) is 5.89. The molecule has 3 rings (SSSR count). The number of aromatic nitrogens is 2. The van der Waals surface area contributed by atoms with E-state index in [9.17, 15) is 32.8 Å². The standard InChI is InChI=1S/C22H27FN6O5S/c1-13(35(2,33)34)19-11-14(8-10-28(19)22(31)32)18(7-9-24)29-12-17(20(25)30)21(27-29)26-16-5-3-15(23)4-6-16/h3-6,12-14,18-19H,7-8,10-11H2,1-2H3,(H2,25,30)(H,26,27)(H,31,32). The molecule has 0 radical (unpaired) electrons. The van der Waals surface area contributed by atoms with Gasteiger partial charge in [-0.15, -0.1) is 0 Å². The highest BCUT2D eigenvalue weighted by molar-refractivity contribution is 7.91. The summed E-state index contributed by atoms with van der Waals surface area (Å²) in [7, 11) is -3.54. The molecule has 2 heterocycles. The van der Waals surface area contributed by atoms with E-state index in [1.54, 1.807) is 0 Å². The number of primary amides is 1. The zero-order chi connectivity index (χ0) is 25.9. The molecule has 1 fully saturated rings. The molecular weight excluding hydrogens is 479 g/mol. The third-order valence-electron chi connectivity index (χ3n) is 6.44. The third-order valence-corrected chi connectivity index (χ3v) is 8.10. The summed E-state index contributed by atoms with van der Waals surface area (Å²) in [6.07, 6.45) is 1.83. The Labute approximate surface area is 202 Å². The summed E-state index contributed by atoms with van der Waals surface area (Å²) in [5.41, 5.74) is 6.05. The van der Waals surface area contributed by atoms with Gasteiger partial charge in [-0.05, 0) is 49.9 Å². The first-order chi connectivity index (χ1) is 16.4. The molecule has 2 amide bonds. The van der Waals surface area contributed by atoms with Gasteiger partial charge in [0.1, 0.15) is 11.4 Å². The Morgan fingerprint density at radius 2 is 2.03 bits per heavy atom. The summed E-state index contributed by atoms with van der Waals surface area (Å²) in [6, 6.07) is 6.14. The molecule has 1 aliphatic heterocycles. The van der Waals surface area contributed by atoms with Gasteiger partial charge in [0.15, 0.2) is 15.7 Å². The summed E-state index contributed by atoms with van der Waals surface area (Å²) in [5.74, 6) is -1.37. The highest BCUT2D eigenvalue weighted by Crippen LogP contribution is 2.37. The molecule has 2 aromatic rings. The fraction of sp³-hybridized carbons (Fsp3) is 0.455. The maximum atomic E-state index is 13.2. The Kier molecular flexibility index (Phi) is 7.64. The number of carbonyl (C=O) groups excluding carboxylic acids is 1. The Hall–Kier alpha value is -3.66. The molecule has 1 aromatic heterocycles. The monoisotopic (exact) mass is 506 g/mol. The van der Waals surface area contributed by atoms with Gasteiger partial charge in [-0.25, -0.2) is 17.6 Å². The molecule has 0 saturated carbocycles. The predicted molar refractivity (Wildman–Crippen MR) is 125 cm³/mol. The molecule has 1 saturated heterocycles. The van der Waals surface area contributed by atoms with Crippen LogP contribution in [0.2, 0.25) is 0 Å². The topological polar surface area (TPSA) is 171 Å². The van der Waals surface area contributed by atoms with Gasteiger partial charge in [0.25, 0.3) is 5.91 Å². The zero-order valence-electron chi connectivity index (χ0n) is 19.3. The molecule has 13 heteroatoms. The Morgan fingerprint density at radius 1 is 1.37 bits per heavy atom. The molecule has 4 N–H and O–H groups in total. The Bertz CT molecular complexity index is 1240. The van der Waals surface area contributed by atoms with Crippen molar-refractivity contribution >= 4 is 33.3 Å². The van der Waals surface area contributed by atoms with Crippen LogP contribution >= 0.6 is 0 Å². The van der Waals surface area contributed by atoms with Crippen molar-refractivity contribution in [1.82, 2.24) is 14.7 Å². The minimum absolute atomic E-state index is 0.00636. The van der Waals surface area contributed by atoms with Crippen LogP contribution in [-0.4, -0.2) is 64.3 Å². The number of nitrogens with zero attached hydrogens (tertiary/aromatic N) is 4. The van der Waals surface area contributed by atoms with Gasteiger partial charge in [0, 0.05) is 24.7 Å². The van der Waals surface area contributed by atoms with Gasteiger partial charge >= 0.3 is 6.09 Å². The van der Waals surface area contributed by atoms with Crippen LogP contribution in [0, 0.1) is 23.1 Å². The second-order valence-electron chi connectivity index (χ2n) is 8.66. The van der Waals surface area contributed by atoms with Crippen molar-refractivity contribution in [2.75, 3.05) is 18.1 Å². The maximum Gasteiger partial charge on any atom is 0.407 e. The molecule has 11 nitrogen and oxygen atoms in total. The molecule has 0 aliphatic carbocycles. The van der Waals surface area contributed by atoms with Crippen LogP contribution in [0.1, 0.15) is 42.6 Å². The number of carbonyl (C=O) groups is 2. The highest BCUT2D eigenvalue weighted by Gasteiger charge is 2.41. The number of halogens is 1. The normalized spacial score (nSPS) is 20.0. The number of nitriles is 1. The van der Waals surface area contributed by atoms with E-state index in [1.165, 1.54) is 42.1 Å². The summed E-state index contributed by atoms with van der Waals surface area (Å²) in [4.78, 5) is 25.0. The number of sulfone groups is 1. The number of likely N-dealkylation sites (tertiary alicyclic amines) is 1. The number of rotatable bonds is 8. The van der Waals surface area contributed by atoms with E-state index in [0.717, 1.165) is 11.2 Å². The van der Waals surface area contributed by atoms with Crippen LogP contribution in [0.15, 0.2) is 30.5 Å². The van der Waals surface area contributed by atoms with Crippen molar-refractivity contribution in [1.29, 1.82) is 5.26 Å². The lowest BCUT2D eigenvalue weighted by Crippen LogP contribution is -2.53. The molecule has 35 heavy (non-hydrogen) atoms. The van der Waals surface area contributed by atoms with E-state index >= 15 is 0 Å². The average molecular weight is 507 g/mol. The van der Waals surface area contributed by atoms with Gasteiger partial charge in [-0.3, -0.25) is 9.48 Å². The number of amides is 2. The molecule has 1 aromatic carbocycles. The predicted octanol–water partition coefficient (Wildman–Crippen LogP) is 2.51. The van der Waals surface area contributed by atoms with E-state index < -0.39 is 45.0 Å². The van der Waals surface area contributed by atoms with Crippen LogP contribution in [0.3, 0.4) is 0 Å². The fourth-order valence-electron chi connectivity index (χ4n) is 4.42. The molecule has 4 unspecified atom stereocenters. The second-order valence-corrected chi connectivity index (χ2v) is 11.1. The lowest BCUT2D eigenvalue weighted by Gasteiger charge is -2.42. The number of nitrogens with two attached hydrogens (primary N) is 1. The van der Waals surface area contributed by atoms with Gasteiger partial charge in [0.05, 0.1) is 29.8 Å². The summed E-state index contributed by atoms with van der Waals surface area (Å²) < 4.78 is 39.1. The van der Waals surface area contributed by atoms with Gasteiger partial charge in [-0.1, -0.05) is 0 Å². The molecule has 1 aliphatic rings. The molecule has 188 valence electrons. The Balaban J connectivity index is 1.95. The van der Waals surface area contributed by atoms with E-state index in [1.807, 2.05) is 0 Å². The lowest BCUT2D eigenvalue weighted by molar-refractivity contribution is 0.0746. The lowest BCUT2D eigenvalue weighted by atomic mass is 9.83. The van der Waals surface area contributed by atoms with Crippen molar-refractivity contribution < 1.29 is 27.5 Å². The van der Waals surface area contributed by atoms with Crippen LogP contribution in [0.25, 0.3) is 0 Å². The number of piperidine rings is 1. The molecule has 0 spiro atoms. The first kappa shape index (κ1) is 26.0. The highest BCUT2D eigenvalue weighted by atomic mass is 32.2. The van der Waals surface area contributed by atoms with Crippen molar-refractivity contribution in [3.63, 3.8) is 0 Å². The fourth-order valence-corrected chi connectivity index (χ4v) is 5.25. The summed E-state index contributed by atoms with van der Waals surface area (Å²) in [6.45, 7) is 1.57. The largest absolute Gasteiger partial charge is 0.465 e. The SMILES string of the molecule is CC(C1CC(C(CC#N)n2cc(C(N)=O)c(Nc3ccc(F)cc3)n2)CCN1C(=O)O)S(C)(=O)=O. The van der Waals surface area contributed by atoms with Gasteiger partial charge in [-0.2, -0.15) is 10.4 Å². The van der Waals surface area contributed by atoms with E-state index in [-0.39, 0.29) is 36.7 Å². The number of benzene rings is 1.